The van der Waals surface area contributed by atoms with Crippen molar-refractivity contribution in [3.8, 4) is 5.75 Å². The number of ether oxygens (including phenoxy) is 1. The maximum atomic E-state index is 12.2. The molecule has 0 heterocycles. The third kappa shape index (κ3) is 4.69. The molecular weight excluding hydrogens is 276 g/mol. The smallest absolute Gasteiger partial charge is 0.225 e. The molecule has 0 aliphatic heterocycles. The second kappa shape index (κ2) is 8.82. The number of hydrogen-bond acceptors (Lipinski definition) is 3. The molecular formula is C15H25ClN2O2. The minimum atomic E-state index is -0.293. The summed E-state index contributed by atoms with van der Waals surface area (Å²) in [5.41, 5.74) is 6.38. The SMILES string of the molecule is CCC(CC)(CN)NC(=O)Cc1ccccc1OC.Cl. The van der Waals surface area contributed by atoms with Gasteiger partial charge in [0.15, 0.2) is 0 Å². The Balaban J connectivity index is 0.00000361. The highest BCUT2D eigenvalue weighted by Gasteiger charge is 2.26. The topological polar surface area (TPSA) is 64.3 Å². The number of nitrogens with one attached hydrogen (secondary N) is 1. The van der Waals surface area contributed by atoms with Crippen LogP contribution >= 0.6 is 12.4 Å². The van der Waals surface area contributed by atoms with E-state index in [1.807, 2.05) is 38.1 Å². The van der Waals surface area contributed by atoms with Crippen LogP contribution in [0.2, 0.25) is 0 Å². The molecule has 0 bridgehead atoms. The Kier molecular flexibility index (Phi) is 8.26. The molecule has 5 heteroatoms. The van der Waals surface area contributed by atoms with Crippen molar-refractivity contribution in [1.29, 1.82) is 0 Å². The fourth-order valence-electron chi connectivity index (χ4n) is 2.13. The lowest BCUT2D eigenvalue weighted by Crippen LogP contribution is -2.53. The first kappa shape index (κ1) is 18.7. The fourth-order valence-corrected chi connectivity index (χ4v) is 2.13. The van der Waals surface area contributed by atoms with Crippen LogP contribution in [0, 0.1) is 0 Å². The van der Waals surface area contributed by atoms with Gasteiger partial charge in [-0.05, 0) is 18.9 Å². The van der Waals surface area contributed by atoms with Crippen molar-refractivity contribution in [2.75, 3.05) is 13.7 Å². The lowest BCUT2D eigenvalue weighted by Gasteiger charge is -2.31. The highest BCUT2D eigenvalue weighted by atomic mass is 35.5. The number of methoxy groups -OCH3 is 1. The summed E-state index contributed by atoms with van der Waals surface area (Å²) in [6.45, 7) is 4.54. The van der Waals surface area contributed by atoms with Gasteiger partial charge >= 0.3 is 0 Å². The van der Waals surface area contributed by atoms with Crippen molar-refractivity contribution in [3.63, 3.8) is 0 Å². The minimum absolute atomic E-state index is 0. The molecule has 0 fully saturated rings. The van der Waals surface area contributed by atoms with Crippen LogP contribution < -0.4 is 15.8 Å². The minimum Gasteiger partial charge on any atom is -0.496 e. The van der Waals surface area contributed by atoms with Crippen LogP contribution in [0.5, 0.6) is 5.75 Å². The van der Waals surface area contributed by atoms with E-state index in [9.17, 15) is 4.79 Å². The molecule has 0 aromatic heterocycles. The Bertz CT molecular complexity index is 412. The average molecular weight is 301 g/mol. The normalized spacial score (nSPS) is 10.6. The van der Waals surface area contributed by atoms with Gasteiger partial charge in [-0.3, -0.25) is 4.79 Å². The summed E-state index contributed by atoms with van der Waals surface area (Å²) >= 11 is 0. The van der Waals surface area contributed by atoms with Gasteiger partial charge < -0.3 is 15.8 Å². The number of rotatable bonds is 7. The van der Waals surface area contributed by atoms with Crippen molar-refractivity contribution in [2.24, 2.45) is 5.73 Å². The lowest BCUT2D eigenvalue weighted by molar-refractivity contribution is -0.122. The van der Waals surface area contributed by atoms with Gasteiger partial charge in [0.2, 0.25) is 5.91 Å². The summed E-state index contributed by atoms with van der Waals surface area (Å²) in [5, 5.41) is 3.06. The molecule has 0 radical (unpaired) electrons. The number of benzene rings is 1. The van der Waals surface area contributed by atoms with Gasteiger partial charge in [0, 0.05) is 12.1 Å². The summed E-state index contributed by atoms with van der Waals surface area (Å²) < 4.78 is 5.25. The van der Waals surface area contributed by atoms with Gasteiger partial charge in [-0.2, -0.15) is 0 Å². The molecule has 1 aromatic rings. The lowest BCUT2D eigenvalue weighted by atomic mass is 9.92. The van der Waals surface area contributed by atoms with E-state index >= 15 is 0 Å². The van der Waals surface area contributed by atoms with Crippen LogP contribution in [0.25, 0.3) is 0 Å². The predicted molar refractivity (Wildman–Crippen MR) is 84.5 cm³/mol. The molecule has 20 heavy (non-hydrogen) atoms. The second-order valence-corrected chi connectivity index (χ2v) is 4.73. The first-order valence-electron chi connectivity index (χ1n) is 6.73. The average Bonchev–Trinajstić information content (AvgIpc) is 2.45. The molecule has 0 saturated carbocycles. The molecule has 0 aliphatic carbocycles. The van der Waals surface area contributed by atoms with Crippen molar-refractivity contribution in [1.82, 2.24) is 5.32 Å². The molecule has 0 atom stereocenters. The Hall–Kier alpha value is -1.26. The van der Waals surface area contributed by atoms with Crippen LogP contribution in [0.4, 0.5) is 0 Å². The number of para-hydroxylation sites is 1. The fraction of sp³-hybridized carbons (Fsp3) is 0.533. The van der Waals surface area contributed by atoms with E-state index in [1.165, 1.54) is 0 Å². The summed E-state index contributed by atoms with van der Waals surface area (Å²) in [6.07, 6.45) is 1.97. The summed E-state index contributed by atoms with van der Waals surface area (Å²) in [4.78, 5) is 12.2. The van der Waals surface area contributed by atoms with E-state index in [4.69, 9.17) is 10.5 Å². The largest absolute Gasteiger partial charge is 0.496 e. The van der Waals surface area contributed by atoms with Gasteiger partial charge in [-0.1, -0.05) is 32.0 Å². The van der Waals surface area contributed by atoms with E-state index < -0.39 is 0 Å². The van der Waals surface area contributed by atoms with Crippen molar-refractivity contribution >= 4 is 18.3 Å². The summed E-state index contributed by atoms with van der Waals surface area (Å²) in [6, 6.07) is 7.56. The molecule has 0 unspecified atom stereocenters. The molecule has 0 saturated heterocycles. The van der Waals surface area contributed by atoms with E-state index in [0.29, 0.717) is 13.0 Å². The van der Waals surface area contributed by atoms with Crippen LogP contribution in [0.15, 0.2) is 24.3 Å². The first-order chi connectivity index (χ1) is 9.10. The number of nitrogens with two attached hydrogens (primary N) is 1. The van der Waals surface area contributed by atoms with Crippen LogP contribution in [0.3, 0.4) is 0 Å². The molecule has 3 N–H and O–H groups in total. The van der Waals surface area contributed by atoms with E-state index in [2.05, 4.69) is 5.32 Å². The molecule has 1 aromatic carbocycles. The zero-order chi connectivity index (χ0) is 14.3. The zero-order valence-electron chi connectivity index (χ0n) is 12.4. The Labute approximate surface area is 127 Å². The maximum Gasteiger partial charge on any atom is 0.225 e. The van der Waals surface area contributed by atoms with Crippen molar-refractivity contribution in [3.05, 3.63) is 29.8 Å². The maximum absolute atomic E-state index is 12.2. The number of halogens is 1. The number of carbonyl (C=O) groups is 1. The number of carbonyl (C=O) groups excluding carboxylic acids is 1. The molecule has 1 amide bonds. The summed E-state index contributed by atoms with van der Waals surface area (Å²) in [5.74, 6) is 0.725. The Morgan fingerprint density at radius 1 is 1.30 bits per heavy atom. The van der Waals surface area contributed by atoms with Gasteiger partial charge in [0.1, 0.15) is 5.75 Å². The van der Waals surface area contributed by atoms with Gasteiger partial charge in [0.05, 0.1) is 19.1 Å². The quantitative estimate of drug-likeness (QED) is 0.812. The summed E-state index contributed by atoms with van der Waals surface area (Å²) in [7, 11) is 1.61. The zero-order valence-corrected chi connectivity index (χ0v) is 13.3. The molecule has 0 spiro atoms. The standard InChI is InChI=1S/C15H24N2O2.ClH/c1-4-15(5-2,11-16)17-14(18)10-12-8-6-7-9-13(12)19-3;/h6-9H,4-5,10-11,16H2,1-3H3,(H,17,18);1H. The van der Waals surface area contributed by atoms with Crippen molar-refractivity contribution in [2.45, 2.75) is 38.6 Å². The third-order valence-corrected chi connectivity index (χ3v) is 3.69. The van der Waals surface area contributed by atoms with Crippen molar-refractivity contribution < 1.29 is 9.53 Å². The van der Waals surface area contributed by atoms with E-state index in [0.717, 1.165) is 24.2 Å². The van der Waals surface area contributed by atoms with Crippen LogP contribution in [-0.2, 0) is 11.2 Å². The number of hydrogen-bond donors (Lipinski definition) is 2. The van der Waals surface area contributed by atoms with Gasteiger partial charge in [0.25, 0.3) is 0 Å². The van der Waals surface area contributed by atoms with Gasteiger partial charge in [-0.25, -0.2) is 0 Å². The second-order valence-electron chi connectivity index (χ2n) is 4.73. The molecule has 0 aliphatic rings. The first-order valence-corrected chi connectivity index (χ1v) is 6.73. The van der Waals surface area contributed by atoms with Crippen LogP contribution in [-0.4, -0.2) is 25.1 Å². The number of amides is 1. The van der Waals surface area contributed by atoms with E-state index in [-0.39, 0.29) is 23.9 Å². The highest BCUT2D eigenvalue weighted by molar-refractivity contribution is 5.85. The predicted octanol–water partition coefficient (Wildman–Crippen LogP) is 2.29. The third-order valence-electron chi connectivity index (χ3n) is 3.69. The highest BCUT2D eigenvalue weighted by Crippen LogP contribution is 2.19. The Morgan fingerprint density at radius 3 is 2.40 bits per heavy atom. The Morgan fingerprint density at radius 2 is 1.90 bits per heavy atom. The van der Waals surface area contributed by atoms with E-state index in [1.54, 1.807) is 7.11 Å². The molecule has 4 nitrogen and oxygen atoms in total. The molecule has 114 valence electrons. The van der Waals surface area contributed by atoms with Gasteiger partial charge in [-0.15, -0.1) is 12.4 Å². The monoisotopic (exact) mass is 300 g/mol. The molecule has 1 rings (SSSR count). The van der Waals surface area contributed by atoms with Crippen LogP contribution in [0.1, 0.15) is 32.3 Å².